The normalized spacial score (nSPS) is 17.5. The van der Waals surface area contributed by atoms with Gasteiger partial charge in [0.15, 0.2) is 5.11 Å². The third-order valence-corrected chi connectivity index (χ3v) is 6.55. The predicted molar refractivity (Wildman–Crippen MR) is 138 cm³/mol. The smallest absolute Gasteiger partial charge is 0.337 e. The van der Waals surface area contributed by atoms with Crippen molar-refractivity contribution in [2.24, 2.45) is 0 Å². The number of ether oxygens (including phenoxy) is 1. The number of rotatable bonds is 5. The van der Waals surface area contributed by atoms with E-state index in [-0.39, 0.29) is 18.1 Å². The highest BCUT2D eigenvalue weighted by molar-refractivity contribution is 9.10. The summed E-state index contributed by atoms with van der Waals surface area (Å²) in [6.07, 6.45) is 1.77. The molecule has 2 aromatic carbocycles. The van der Waals surface area contributed by atoms with Gasteiger partial charge < -0.3 is 19.4 Å². The Bertz CT molecular complexity index is 1320. The van der Waals surface area contributed by atoms with Crippen LogP contribution in [0.3, 0.4) is 0 Å². The number of nitrogens with one attached hydrogen (secondary N) is 1. The van der Waals surface area contributed by atoms with Gasteiger partial charge in [-0.05, 0) is 72.9 Å². The number of carbonyl (C=O) groups is 1. The molecule has 0 amide bonds. The summed E-state index contributed by atoms with van der Waals surface area (Å²) >= 11 is 9.25. The van der Waals surface area contributed by atoms with Crippen molar-refractivity contribution in [2.45, 2.75) is 12.1 Å². The Morgan fingerprint density at radius 1 is 1.06 bits per heavy atom. The molecular formula is C26H20BrN3O3S. The van der Waals surface area contributed by atoms with Gasteiger partial charge in [-0.15, -0.1) is 0 Å². The van der Waals surface area contributed by atoms with Crippen LogP contribution in [0.2, 0.25) is 0 Å². The van der Waals surface area contributed by atoms with Crippen LogP contribution >= 0.6 is 28.1 Å². The number of furan rings is 1. The highest BCUT2D eigenvalue weighted by atomic mass is 79.9. The minimum atomic E-state index is -0.374. The van der Waals surface area contributed by atoms with Crippen molar-refractivity contribution >= 4 is 44.9 Å². The lowest BCUT2D eigenvalue weighted by molar-refractivity contribution is 0.0600. The summed E-state index contributed by atoms with van der Waals surface area (Å²) in [7, 11) is 1.37. The largest absolute Gasteiger partial charge is 0.465 e. The van der Waals surface area contributed by atoms with E-state index < -0.39 is 0 Å². The van der Waals surface area contributed by atoms with Gasteiger partial charge in [0.2, 0.25) is 0 Å². The van der Waals surface area contributed by atoms with Crippen LogP contribution in [0.4, 0.5) is 5.69 Å². The summed E-state index contributed by atoms with van der Waals surface area (Å²) in [6.45, 7) is 0. The van der Waals surface area contributed by atoms with Gasteiger partial charge in [0.25, 0.3) is 0 Å². The first-order chi connectivity index (χ1) is 16.5. The van der Waals surface area contributed by atoms with Crippen molar-refractivity contribution in [3.05, 3.63) is 107 Å². The van der Waals surface area contributed by atoms with E-state index in [1.165, 1.54) is 7.11 Å². The van der Waals surface area contributed by atoms with Gasteiger partial charge in [0, 0.05) is 21.9 Å². The highest BCUT2D eigenvalue weighted by Gasteiger charge is 2.42. The third-order valence-electron chi connectivity index (χ3n) is 5.71. The zero-order chi connectivity index (χ0) is 23.7. The first kappa shape index (κ1) is 22.3. The first-order valence-electron chi connectivity index (χ1n) is 10.6. The Kier molecular flexibility index (Phi) is 6.17. The molecule has 0 aliphatic carbocycles. The summed E-state index contributed by atoms with van der Waals surface area (Å²) in [4.78, 5) is 18.4. The fraction of sp³-hybridized carbons (Fsp3) is 0.115. The van der Waals surface area contributed by atoms with Crippen LogP contribution in [-0.4, -0.2) is 23.2 Å². The number of methoxy groups -OCH3 is 1. The summed E-state index contributed by atoms with van der Waals surface area (Å²) in [5.74, 6) is 1.07. The Morgan fingerprint density at radius 3 is 2.50 bits per heavy atom. The van der Waals surface area contributed by atoms with E-state index in [1.807, 2.05) is 66.7 Å². The molecule has 2 aromatic heterocycles. The molecule has 1 aliphatic heterocycles. The average molecular weight is 534 g/mol. The summed E-state index contributed by atoms with van der Waals surface area (Å²) in [5.41, 5.74) is 3.16. The molecule has 2 atom stereocenters. The Labute approximate surface area is 210 Å². The molecule has 8 heteroatoms. The molecule has 1 saturated heterocycles. The van der Waals surface area contributed by atoms with Crippen molar-refractivity contribution in [2.75, 3.05) is 12.0 Å². The second kappa shape index (κ2) is 9.40. The standard InChI is InChI=1S/C26H20BrN3O3S/c1-32-25(31)17-7-5-16(6-8-17)21-13-14-22(33-21)24-23(20-4-2-3-15-28-20)29-26(34)30(24)19-11-9-18(27)10-12-19/h2-15,23-24H,1H3,(H,29,34)/t23-,24-/m1/s1. The lowest BCUT2D eigenvalue weighted by Crippen LogP contribution is -2.29. The molecule has 1 fully saturated rings. The predicted octanol–water partition coefficient (Wildman–Crippen LogP) is 6.07. The first-order valence-corrected chi connectivity index (χ1v) is 11.8. The SMILES string of the molecule is COC(=O)c1ccc(-c2ccc([C@@H]3[C@@H](c4ccccn4)NC(=S)N3c3ccc(Br)cc3)o2)cc1. The fourth-order valence-corrected chi connectivity index (χ4v) is 4.69. The van der Waals surface area contributed by atoms with Crippen molar-refractivity contribution in [1.29, 1.82) is 0 Å². The molecule has 34 heavy (non-hydrogen) atoms. The van der Waals surface area contributed by atoms with Crippen LogP contribution < -0.4 is 10.2 Å². The molecule has 0 unspecified atom stereocenters. The van der Waals surface area contributed by atoms with E-state index in [1.54, 1.807) is 18.3 Å². The molecule has 0 radical (unpaired) electrons. The van der Waals surface area contributed by atoms with Gasteiger partial charge in [-0.2, -0.15) is 0 Å². The molecule has 170 valence electrons. The minimum absolute atomic E-state index is 0.196. The summed E-state index contributed by atoms with van der Waals surface area (Å²) < 4.78 is 12.1. The number of hydrogen-bond acceptors (Lipinski definition) is 5. The van der Waals surface area contributed by atoms with Gasteiger partial charge in [-0.25, -0.2) is 4.79 Å². The average Bonchev–Trinajstić information content (AvgIpc) is 3.49. The van der Waals surface area contributed by atoms with E-state index >= 15 is 0 Å². The third kappa shape index (κ3) is 4.22. The van der Waals surface area contributed by atoms with Crippen LogP contribution in [-0.2, 0) is 4.74 Å². The molecule has 0 saturated carbocycles. The van der Waals surface area contributed by atoms with Crippen molar-refractivity contribution in [3.63, 3.8) is 0 Å². The van der Waals surface area contributed by atoms with E-state index in [4.69, 9.17) is 21.4 Å². The van der Waals surface area contributed by atoms with E-state index in [0.717, 1.165) is 27.2 Å². The molecule has 4 aromatic rings. The quantitative estimate of drug-likeness (QED) is 0.246. The maximum Gasteiger partial charge on any atom is 0.337 e. The Hall–Kier alpha value is -3.49. The number of thiocarbonyl (C=S) groups is 1. The number of anilines is 1. The van der Waals surface area contributed by atoms with Gasteiger partial charge in [0.05, 0.1) is 24.4 Å². The number of benzene rings is 2. The minimum Gasteiger partial charge on any atom is -0.465 e. The maximum atomic E-state index is 11.8. The fourth-order valence-electron chi connectivity index (χ4n) is 4.08. The number of hydrogen-bond donors (Lipinski definition) is 1. The molecule has 0 bridgehead atoms. The second-order valence-electron chi connectivity index (χ2n) is 7.74. The summed E-state index contributed by atoms with van der Waals surface area (Å²) in [6, 6.07) is 24.4. The number of nitrogens with zero attached hydrogens (tertiary/aromatic N) is 2. The summed E-state index contributed by atoms with van der Waals surface area (Å²) in [5, 5.41) is 4.03. The van der Waals surface area contributed by atoms with Crippen molar-refractivity contribution in [3.8, 4) is 11.3 Å². The Morgan fingerprint density at radius 2 is 1.82 bits per heavy atom. The molecule has 6 nitrogen and oxygen atoms in total. The van der Waals surface area contributed by atoms with Crippen LogP contribution in [0.5, 0.6) is 0 Å². The zero-order valence-corrected chi connectivity index (χ0v) is 20.5. The number of halogens is 1. The van der Waals surface area contributed by atoms with Gasteiger partial charge in [-0.3, -0.25) is 4.98 Å². The van der Waals surface area contributed by atoms with Crippen LogP contribution in [0.15, 0.2) is 93.9 Å². The lowest BCUT2D eigenvalue weighted by Gasteiger charge is -2.26. The molecule has 3 heterocycles. The van der Waals surface area contributed by atoms with Gasteiger partial charge >= 0.3 is 5.97 Å². The second-order valence-corrected chi connectivity index (χ2v) is 9.05. The molecule has 1 aliphatic rings. The van der Waals surface area contributed by atoms with Gasteiger partial charge in [-0.1, -0.05) is 34.1 Å². The number of esters is 1. The Balaban J connectivity index is 1.54. The topological polar surface area (TPSA) is 67.6 Å². The van der Waals surface area contributed by atoms with E-state index in [9.17, 15) is 4.79 Å². The van der Waals surface area contributed by atoms with Crippen LogP contribution in [0.1, 0.15) is 33.9 Å². The van der Waals surface area contributed by atoms with Crippen LogP contribution in [0, 0.1) is 0 Å². The molecular weight excluding hydrogens is 514 g/mol. The highest BCUT2D eigenvalue weighted by Crippen LogP contribution is 2.43. The van der Waals surface area contributed by atoms with E-state index in [2.05, 4.69) is 31.1 Å². The number of pyridine rings is 1. The molecule has 1 N–H and O–H groups in total. The lowest BCUT2D eigenvalue weighted by atomic mass is 10.0. The van der Waals surface area contributed by atoms with Crippen molar-refractivity contribution < 1.29 is 13.9 Å². The zero-order valence-electron chi connectivity index (χ0n) is 18.1. The van der Waals surface area contributed by atoms with Crippen molar-refractivity contribution in [1.82, 2.24) is 10.3 Å². The van der Waals surface area contributed by atoms with E-state index in [0.29, 0.717) is 16.4 Å². The van der Waals surface area contributed by atoms with Gasteiger partial charge in [0.1, 0.15) is 17.6 Å². The molecule has 5 rings (SSSR count). The number of aromatic nitrogens is 1. The monoisotopic (exact) mass is 533 g/mol. The maximum absolute atomic E-state index is 11.8. The molecule has 0 spiro atoms. The number of carbonyl (C=O) groups excluding carboxylic acids is 1. The van der Waals surface area contributed by atoms with Crippen LogP contribution in [0.25, 0.3) is 11.3 Å².